The third kappa shape index (κ3) is 5.84. The Morgan fingerprint density at radius 1 is 0.548 bits per heavy atom. The van der Waals surface area contributed by atoms with Gasteiger partial charge in [-0.15, -0.1) is 0 Å². The number of carbonyl (C=O) groups is 2. The van der Waals surface area contributed by atoms with Gasteiger partial charge in [-0.3, -0.25) is 0 Å². The van der Waals surface area contributed by atoms with Crippen molar-refractivity contribution in [2.45, 2.75) is 13.8 Å². The molecule has 0 fully saturated rings. The first-order valence-electron chi connectivity index (χ1n) is 13.8. The molecule has 0 bridgehead atoms. The fraction of sp³-hybridized carbons (Fsp3) is 0.167. The zero-order valence-electron chi connectivity index (χ0n) is 24.1. The number of fused-ring (bicyclic) bond motifs is 2. The number of rotatable bonds is 8. The lowest BCUT2D eigenvalue weighted by Crippen LogP contribution is -2.17. The number of methoxy groups -OCH3 is 2. The molecule has 5 rings (SSSR count). The van der Waals surface area contributed by atoms with Crippen molar-refractivity contribution in [2.24, 2.45) is 0 Å². The molecule has 0 aliphatic carbocycles. The molecule has 0 aliphatic heterocycles. The molecule has 5 aromatic carbocycles. The maximum atomic E-state index is 12.8. The minimum atomic E-state index is -0.381. The molecule has 0 aromatic heterocycles. The number of carbonyl (C=O) groups excluding carboxylic acids is 2. The average Bonchev–Trinajstić information content (AvgIpc) is 3.03. The van der Waals surface area contributed by atoms with E-state index in [0.717, 1.165) is 54.6 Å². The van der Waals surface area contributed by atoms with Crippen molar-refractivity contribution in [3.8, 4) is 11.5 Å². The molecule has 0 saturated carbocycles. The highest BCUT2D eigenvalue weighted by atomic mass is 16.5. The van der Waals surface area contributed by atoms with Gasteiger partial charge in [0.1, 0.15) is 11.5 Å². The molecule has 0 amide bonds. The van der Waals surface area contributed by atoms with Gasteiger partial charge in [-0.1, -0.05) is 36.4 Å². The topological polar surface area (TPSA) is 71.1 Å². The van der Waals surface area contributed by atoms with Crippen LogP contribution in [0.1, 0.15) is 45.7 Å². The van der Waals surface area contributed by atoms with Crippen LogP contribution in [-0.4, -0.2) is 39.4 Å². The largest absolute Gasteiger partial charge is 0.497 e. The van der Waals surface area contributed by atoms with E-state index >= 15 is 0 Å². The molecule has 6 nitrogen and oxygen atoms in total. The van der Waals surface area contributed by atoms with Gasteiger partial charge >= 0.3 is 11.9 Å². The summed E-state index contributed by atoms with van der Waals surface area (Å²) in [5.41, 5.74) is 2.85. The van der Waals surface area contributed by atoms with Crippen LogP contribution in [0, 0.1) is 0 Å². The van der Waals surface area contributed by atoms with Crippen LogP contribution in [0.5, 0.6) is 11.5 Å². The Morgan fingerprint density at radius 2 is 0.929 bits per heavy atom. The van der Waals surface area contributed by atoms with Crippen molar-refractivity contribution in [3.05, 3.63) is 118 Å². The molecule has 0 spiro atoms. The lowest BCUT2D eigenvalue weighted by atomic mass is 9.93. The second-order valence-corrected chi connectivity index (χ2v) is 9.62. The summed E-state index contributed by atoms with van der Waals surface area (Å²) in [4.78, 5) is 25.6. The lowest BCUT2D eigenvalue weighted by Gasteiger charge is -2.12. The van der Waals surface area contributed by atoms with E-state index in [1.807, 2.05) is 72.8 Å². The van der Waals surface area contributed by atoms with Crippen molar-refractivity contribution in [2.75, 3.05) is 27.4 Å². The van der Waals surface area contributed by atoms with Gasteiger partial charge in [0, 0.05) is 0 Å². The van der Waals surface area contributed by atoms with E-state index in [1.165, 1.54) is 0 Å². The summed E-state index contributed by atoms with van der Waals surface area (Å²) in [5.74, 6) is 0.756. The number of esters is 2. The second-order valence-electron chi connectivity index (χ2n) is 9.62. The number of ether oxygens (including phenoxy) is 4. The standard InChI is InChI=1S/C36H32O6/c1-5-41-35(37)25-11-17-29-32(20-24-9-15-28(40-4)16-10-24)34-22-26(36(38)42-6-2)12-18-30(34)31(33(29)21-25)19-23-7-13-27(39-3)14-8-23/h7-22H,5-6H2,1-4H3/b31-19-,32-20+. The normalized spacial score (nSPS) is 12.0. The molecule has 0 saturated heterocycles. The van der Waals surface area contributed by atoms with Crippen molar-refractivity contribution in [1.29, 1.82) is 0 Å². The van der Waals surface area contributed by atoms with Crippen LogP contribution < -0.4 is 19.9 Å². The zero-order valence-corrected chi connectivity index (χ0v) is 24.1. The van der Waals surface area contributed by atoms with E-state index in [9.17, 15) is 9.59 Å². The monoisotopic (exact) mass is 560 g/mol. The van der Waals surface area contributed by atoms with Gasteiger partial charge in [0.15, 0.2) is 0 Å². The summed E-state index contributed by atoms with van der Waals surface area (Å²) in [6, 6.07) is 26.8. The van der Waals surface area contributed by atoms with E-state index in [2.05, 4.69) is 12.2 Å². The number of benzene rings is 5. The number of hydrogen-bond acceptors (Lipinski definition) is 6. The summed E-state index contributed by atoms with van der Waals surface area (Å²) in [6.45, 7) is 4.15. The van der Waals surface area contributed by atoms with Crippen LogP contribution in [0.15, 0.2) is 84.9 Å². The fourth-order valence-electron chi connectivity index (χ4n) is 5.02. The van der Waals surface area contributed by atoms with Gasteiger partial charge in [-0.05, 0) is 118 Å². The summed E-state index contributed by atoms with van der Waals surface area (Å²) in [6.07, 6.45) is 4.17. The van der Waals surface area contributed by atoms with Gasteiger partial charge in [-0.2, -0.15) is 0 Å². The molecule has 0 atom stereocenters. The van der Waals surface area contributed by atoms with Crippen LogP contribution in [-0.2, 0) is 9.47 Å². The average molecular weight is 561 g/mol. The van der Waals surface area contributed by atoms with E-state index in [-0.39, 0.29) is 25.2 Å². The number of hydrogen-bond donors (Lipinski definition) is 0. The highest BCUT2D eigenvalue weighted by Crippen LogP contribution is 2.21. The fourth-order valence-corrected chi connectivity index (χ4v) is 5.02. The van der Waals surface area contributed by atoms with Crippen LogP contribution >= 0.6 is 0 Å². The minimum absolute atomic E-state index is 0.284. The van der Waals surface area contributed by atoms with Gasteiger partial charge in [0.2, 0.25) is 0 Å². The van der Waals surface area contributed by atoms with E-state index in [0.29, 0.717) is 11.1 Å². The van der Waals surface area contributed by atoms with E-state index in [4.69, 9.17) is 18.9 Å². The SMILES string of the molecule is CCOC(=O)c1ccc2/c(=C\c3ccc(OC)cc3)c3cc(C(=O)OCC)ccc3/c(=C/c3ccc(OC)cc3)c2c1. The Kier molecular flexibility index (Phi) is 8.53. The molecule has 6 heteroatoms. The lowest BCUT2D eigenvalue weighted by molar-refractivity contribution is 0.0517. The molecule has 0 aliphatic rings. The summed E-state index contributed by atoms with van der Waals surface area (Å²) in [5, 5.41) is 5.44. The van der Waals surface area contributed by atoms with Crippen LogP contribution in [0.4, 0.5) is 0 Å². The molecule has 0 radical (unpaired) electrons. The third-order valence-electron chi connectivity index (χ3n) is 7.08. The van der Waals surface area contributed by atoms with Crippen LogP contribution in [0.25, 0.3) is 33.7 Å². The Labute approximate surface area is 244 Å². The van der Waals surface area contributed by atoms with Gasteiger partial charge in [0.05, 0.1) is 38.6 Å². The zero-order chi connectivity index (χ0) is 29.6. The van der Waals surface area contributed by atoms with Gasteiger partial charge in [0.25, 0.3) is 0 Å². The summed E-state index contributed by atoms with van der Waals surface area (Å²) < 4.78 is 21.3. The minimum Gasteiger partial charge on any atom is -0.497 e. The Morgan fingerprint density at radius 3 is 1.26 bits per heavy atom. The maximum absolute atomic E-state index is 12.8. The smallest absolute Gasteiger partial charge is 0.338 e. The van der Waals surface area contributed by atoms with Crippen molar-refractivity contribution in [3.63, 3.8) is 0 Å². The highest BCUT2D eigenvalue weighted by molar-refractivity contribution is 6.06. The van der Waals surface area contributed by atoms with Crippen LogP contribution in [0.2, 0.25) is 0 Å². The molecule has 212 valence electrons. The van der Waals surface area contributed by atoms with Crippen LogP contribution in [0.3, 0.4) is 0 Å². The molecule has 42 heavy (non-hydrogen) atoms. The van der Waals surface area contributed by atoms with E-state index in [1.54, 1.807) is 40.2 Å². The van der Waals surface area contributed by atoms with E-state index < -0.39 is 0 Å². The van der Waals surface area contributed by atoms with Crippen molar-refractivity contribution in [1.82, 2.24) is 0 Å². The van der Waals surface area contributed by atoms with Crippen molar-refractivity contribution >= 4 is 45.6 Å². The highest BCUT2D eigenvalue weighted by Gasteiger charge is 2.14. The first kappa shape index (κ1) is 28.4. The first-order chi connectivity index (χ1) is 20.4. The first-order valence-corrected chi connectivity index (χ1v) is 13.8. The molecule has 0 unspecified atom stereocenters. The van der Waals surface area contributed by atoms with Gasteiger partial charge < -0.3 is 18.9 Å². The van der Waals surface area contributed by atoms with Gasteiger partial charge in [-0.25, -0.2) is 9.59 Å². The Hall–Kier alpha value is -5.10. The third-order valence-corrected chi connectivity index (χ3v) is 7.08. The summed E-state index contributed by atoms with van der Waals surface area (Å²) in [7, 11) is 3.27. The summed E-state index contributed by atoms with van der Waals surface area (Å²) >= 11 is 0. The molecular formula is C36H32O6. The Bertz CT molecular complexity index is 1750. The van der Waals surface area contributed by atoms with Crippen molar-refractivity contribution < 1.29 is 28.5 Å². The maximum Gasteiger partial charge on any atom is 0.338 e. The predicted octanol–water partition coefficient (Wildman–Crippen LogP) is 6.02. The quantitative estimate of drug-likeness (QED) is 0.171. The second kappa shape index (κ2) is 12.6. The molecule has 5 aromatic rings. The molecule has 0 heterocycles. The molecular weight excluding hydrogens is 528 g/mol. The Balaban J connectivity index is 1.92. The molecule has 0 N–H and O–H groups in total. The predicted molar refractivity (Wildman–Crippen MR) is 166 cm³/mol.